The molecule has 0 saturated carbocycles. The standard InChI is InChI=1S/C23H16O4/c1-14-9-10-21-20(11-14)22(24)16(13-27-21)12-19(23(25)26)18-8-4-6-15-5-2-3-7-17(15)18/h2-13H,1H3,(H,25,26)/b19-12-. The third-order valence-electron chi connectivity index (χ3n) is 4.56. The Balaban J connectivity index is 1.97. The maximum Gasteiger partial charge on any atom is 0.336 e. The van der Waals surface area contributed by atoms with Crippen LogP contribution in [-0.4, -0.2) is 11.1 Å². The molecule has 132 valence electrons. The summed E-state index contributed by atoms with van der Waals surface area (Å²) >= 11 is 0. The fourth-order valence-electron chi connectivity index (χ4n) is 3.23. The molecule has 1 N–H and O–H groups in total. The lowest BCUT2D eigenvalue weighted by Crippen LogP contribution is -2.07. The number of carboxylic acids is 1. The molecule has 3 aromatic carbocycles. The molecule has 0 unspecified atom stereocenters. The molecule has 1 heterocycles. The second kappa shape index (κ2) is 6.57. The summed E-state index contributed by atoms with van der Waals surface area (Å²) in [5.74, 6) is -1.10. The highest BCUT2D eigenvalue weighted by Gasteiger charge is 2.15. The molecular weight excluding hydrogens is 340 g/mol. The van der Waals surface area contributed by atoms with E-state index in [4.69, 9.17) is 4.42 Å². The molecule has 0 radical (unpaired) electrons. The van der Waals surface area contributed by atoms with Crippen LogP contribution >= 0.6 is 0 Å². The van der Waals surface area contributed by atoms with E-state index in [1.165, 1.54) is 12.3 Å². The lowest BCUT2D eigenvalue weighted by molar-refractivity contribution is -0.130. The molecule has 0 saturated heterocycles. The first-order valence-electron chi connectivity index (χ1n) is 8.50. The van der Waals surface area contributed by atoms with Crippen LogP contribution in [0.3, 0.4) is 0 Å². The van der Waals surface area contributed by atoms with Gasteiger partial charge in [-0.3, -0.25) is 4.79 Å². The van der Waals surface area contributed by atoms with E-state index >= 15 is 0 Å². The van der Waals surface area contributed by atoms with Gasteiger partial charge in [0.1, 0.15) is 11.8 Å². The minimum atomic E-state index is -1.10. The Bertz CT molecular complexity index is 1270. The molecule has 27 heavy (non-hydrogen) atoms. The molecule has 0 atom stereocenters. The van der Waals surface area contributed by atoms with Gasteiger partial charge in [-0.2, -0.15) is 0 Å². The van der Waals surface area contributed by atoms with Crippen molar-refractivity contribution in [1.29, 1.82) is 0 Å². The molecule has 4 aromatic rings. The quantitative estimate of drug-likeness (QED) is 0.531. The van der Waals surface area contributed by atoms with Crippen LogP contribution in [0.4, 0.5) is 0 Å². The number of fused-ring (bicyclic) bond motifs is 2. The van der Waals surface area contributed by atoms with E-state index in [0.29, 0.717) is 16.5 Å². The average molecular weight is 356 g/mol. The molecule has 1 aromatic heterocycles. The van der Waals surface area contributed by atoms with Crippen molar-refractivity contribution < 1.29 is 14.3 Å². The third kappa shape index (κ3) is 3.02. The smallest absolute Gasteiger partial charge is 0.336 e. The lowest BCUT2D eigenvalue weighted by atomic mass is 9.96. The van der Waals surface area contributed by atoms with E-state index in [2.05, 4.69) is 0 Å². The van der Waals surface area contributed by atoms with Gasteiger partial charge >= 0.3 is 5.97 Å². The van der Waals surface area contributed by atoms with E-state index < -0.39 is 5.97 Å². The predicted octanol–water partition coefficient (Wildman–Crippen LogP) is 4.88. The molecule has 0 amide bonds. The Morgan fingerprint density at radius 2 is 1.78 bits per heavy atom. The number of hydrogen-bond acceptors (Lipinski definition) is 3. The first kappa shape index (κ1) is 16.8. The van der Waals surface area contributed by atoms with E-state index in [1.807, 2.05) is 43.3 Å². The number of aryl methyl sites for hydroxylation is 1. The van der Waals surface area contributed by atoms with Crippen molar-refractivity contribution in [3.05, 3.63) is 93.8 Å². The van der Waals surface area contributed by atoms with Gasteiger partial charge in [0.15, 0.2) is 5.43 Å². The number of rotatable bonds is 3. The molecule has 0 aliphatic rings. The van der Waals surface area contributed by atoms with Crippen LogP contribution in [0.2, 0.25) is 0 Å². The summed E-state index contributed by atoms with van der Waals surface area (Å²) in [5.41, 5.74) is 1.97. The SMILES string of the molecule is Cc1ccc2occ(/C=C(\C(=O)O)c3cccc4ccccc34)c(=O)c2c1. The van der Waals surface area contributed by atoms with E-state index in [9.17, 15) is 14.7 Å². The maximum absolute atomic E-state index is 12.8. The summed E-state index contributed by atoms with van der Waals surface area (Å²) in [4.78, 5) is 24.8. The molecule has 4 nitrogen and oxygen atoms in total. The summed E-state index contributed by atoms with van der Waals surface area (Å²) < 4.78 is 5.55. The first-order valence-corrected chi connectivity index (χ1v) is 8.50. The van der Waals surface area contributed by atoms with Crippen molar-refractivity contribution >= 4 is 39.4 Å². The highest BCUT2D eigenvalue weighted by molar-refractivity contribution is 6.24. The third-order valence-corrected chi connectivity index (χ3v) is 4.56. The van der Waals surface area contributed by atoms with Crippen LogP contribution < -0.4 is 5.43 Å². The second-order valence-electron chi connectivity index (χ2n) is 6.41. The van der Waals surface area contributed by atoms with Gasteiger partial charge in [-0.1, -0.05) is 54.1 Å². The van der Waals surface area contributed by atoms with Crippen LogP contribution in [0, 0.1) is 6.92 Å². The number of hydrogen-bond donors (Lipinski definition) is 1. The molecule has 0 aliphatic carbocycles. The monoisotopic (exact) mass is 356 g/mol. The van der Waals surface area contributed by atoms with E-state index in [0.717, 1.165) is 16.3 Å². The normalized spacial score (nSPS) is 11.8. The number of aliphatic carboxylic acids is 1. The van der Waals surface area contributed by atoms with Crippen LogP contribution in [0.25, 0.3) is 33.4 Å². The van der Waals surface area contributed by atoms with Crippen molar-refractivity contribution in [3.63, 3.8) is 0 Å². The van der Waals surface area contributed by atoms with Crippen molar-refractivity contribution in [1.82, 2.24) is 0 Å². The van der Waals surface area contributed by atoms with Gasteiger partial charge in [0.2, 0.25) is 0 Å². The Morgan fingerprint density at radius 3 is 2.59 bits per heavy atom. The average Bonchev–Trinajstić information content (AvgIpc) is 2.67. The van der Waals surface area contributed by atoms with E-state index in [-0.39, 0.29) is 16.6 Å². The van der Waals surface area contributed by atoms with Gasteiger partial charge in [-0.15, -0.1) is 0 Å². The summed E-state index contributed by atoms with van der Waals surface area (Å²) in [6.45, 7) is 1.89. The Hall–Kier alpha value is -3.66. The second-order valence-corrected chi connectivity index (χ2v) is 6.41. The Morgan fingerprint density at radius 1 is 1.00 bits per heavy atom. The highest BCUT2D eigenvalue weighted by Crippen LogP contribution is 2.27. The van der Waals surface area contributed by atoms with Gasteiger partial charge in [0, 0.05) is 0 Å². The van der Waals surface area contributed by atoms with Gasteiger partial charge in [-0.25, -0.2) is 4.79 Å². The van der Waals surface area contributed by atoms with E-state index in [1.54, 1.807) is 24.3 Å². The lowest BCUT2D eigenvalue weighted by Gasteiger charge is -2.08. The fourth-order valence-corrected chi connectivity index (χ4v) is 3.23. The number of benzene rings is 3. The zero-order valence-corrected chi connectivity index (χ0v) is 14.6. The molecule has 4 heteroatoms. The summed E-state index contributed by atoms with van der Waals surface area (Å²) in [7, 11) is 0. The summed E-state index contributed by atoms with van der Waals surface area (Å²) in [6, 6.07) is 18.4. The topological polar surface area (TPSA) is 67.5 Å². The van der Waals surface area contributed by atoms with Gasteiger partial charge < -0.3 is 9.52 Å². The summed E-state index contributed by atoms with van der Waals surface area (Å²) in [5, 5.41) is 12.0. The molecule has 0 bridgehead atoms. The van der Waals surface area contributed by atoms with Crippen molar-refractivity contribution in [2.75, 3.05) is 0 Å². The van der Waals surface area contributed by atoms with Gasteiger partial charge in [-0.05, 0) is 41.5 Å². The zero-order chi connectivity index (χ0) is 19.0. The summed E-state index contributed by atoms with van der Waals surface area (Å²) in [6.07, 6.45) is 2.70. The molecule has 0 spiro atoms. The highest BCUT2D eigenvalue weighted by atomic mass is 16.4. The first-order chi connectivity index (χ1) is 13.0. The molecule has 0 aliphatic heterocycles. The molecule has 4 rings (SSSR count). The minimum Gasteiger partial charge on any atom is -0.478 e. The minimum absolute atomic E-state index is 0.0473. The van der Waals surface area contributed by atoms with Crippen LogP contribution in [-0.2, 0) is 4.79 Å². The fraction of sp³-hybridized carbons (Fsp3) is 0.0435. The van der Waals surface area contributed by atoms with Crippen LogP contribution in [0.15, 0.2) is 76.1 Å². The van der Waals surface area contributed by atoms with Gasteiger partial charge in [0.05, 0.1) is 16.5 Å². The predicted molar refractivity (Wildman–Crippen MR) is 107 cm³/mol. The van der Waals surface area contributed by atoms with Crippen LogP contribution in [0.1, 0.15) is 16.7 Å². The Labute approximate surface area is 155 Å². The van der Waals surface area contributed by atoms with Crippen molar-refractivity contribution in [2.45, 2.75) is 6.92 Å². The zero-order valence-electron chi connectivity index (χ0n) is 14.6. The number of carboxylic acid groups (broad SMARTS) is 1. The van der Waals surface area contributed by atoms with Crippen LogP contribution in [0.5, 0.6) is 0 Å². The van der Waals surface area contributed by atoms with Crippen molar-refractivity contribution in [2.24, 2.45) is 0 Å². The number of carbonyl (C=O) groups is 1. The van der Waals surface area contributed by atoms with Gasteiger partial charge in [0.25, 0.3) is 0 Å². The van der Waals surface area contributed by atoms with Crippen molar-refractivity contribution in [3.8, 4) is 0 Å². The largest absolute Gasteiger partial charge is 0.478 e. The molecule has 0 fully saturated rings. The maximum atomic E-state index is 12.8. The Kier molecular flexibility index (Phi) is 4.09. The molecular formula is C23H16O4.